The van der Waals surface area contributed by atoms with Crippen LogP contribution >= 0.6 is 11.6 Å². The maximum absolute atomic E-state index is 5.82. The van der Waals surface area contributed by atoms with Gasteiger partial charge in [-0.1, -0.05) is 29.8 Å². The molecule has 0 radical (unpaired) electrons. The Morgan fingerprint density at radius 2 is 2.08 bits per heavy atom. The van der Waals surface area contributed by atoms with Crippen molar-refractivity contribution in [2.45, 2.75) is 6.92 Å². The molecule has 0 aromatic heterocycles. The standard InChI is InChI=1S/C10H9ClN2/c1-7-6-10(11)13-12-9-5-3-2-4-8(7)9/h2-6,12H,1H3. The van der Waals surface area contributed by atoms with E-state index in [0.29, 0.717) is 5.17 Å². The molecule has 0 amide bonds. The van der Waals surface area contributed by atoms with Crippen LogP contribution in [0.25, 0.3) is 5.57 Å². The van der Waals surface area contributed by atoms with Crippen LogP contribution in [0.3, 0.4) is 0 Å². The molecule has 2 rings (SSSR count). The molecule has 0 saturated carbocycles. The number of anilines is 1. The number of nitrogens with one attached hydrogen (secondary N) is 1. The molecule has 0 atom stereocenters. The highest BCUT2D eigenvalue weighted by Gasteiger charge is 2.06. The summed E-state index contributed by atoms with van der Waals surface area (Å²) in [7, 11) is 0. The minimum Gasteiger partial charge on any atom is -0.276 e. The lowest BCUT2D eigenvalue weighted by atomic mass is 10.1. The molecule has 0 unspecified atom stereocenters. The van der Waals surface area contributed by atoms with Crippen LogP contribution < -0.4 is 5.43 Å². The van der Waals surface area contributed by atoms with Crippen molar-refractivity contribution >= 4 is 28.0 Å². The second kappa shape index (κ2) is 3.23. The van der Waals surface area contributed by atoms with Crippen LogP contribution in [0.15, 0.2) is 35.4 Å². The van der Waals surface area contributed by atoms with Gasteiger partial charge in [-0.2, -0.15) is 5.10 Å². The second-order valence-electron chi connectivity index (χ2n) is 2.92. The van der Waals surface area contributed by atoms with E-state index >= 15 is 0 Å². The molecule has 2 nitrogen and oxygen atoms in total. The van der Waals surface area contributed by atoms with Gasteiger partial charge in [0.05, 0.1) is 5.69 Å². The zero-order valence-corrected chi connectivity index (χ0v) is 7.97. The smallest absolute Gasteiger partial charge is 0.149 e. The molecule has 0 bridgehead atoms. The molecule has 1 N–H and O–H groups in total. The van der Waals surface area contributed by atoms with Crippen LogP contribution in [0, 0.1) is 0 Å². The molecule has 0 fully saturated rings. The minimum atomic E-state index is 0.480. The monoisotopic (exact) mass is 192 g/mol. The highest BCUT2D eigenvalue weighted by atomic mass is 35.5. The summed E-state index contributed by atoms with van der Waals surface area (Å²) in [5.74, 6) is 0. The van der Waals surface area contributed by atoms with Crippen LogP contribution in [0.1, 0.15) is 12.5 Å². The van der Waals surface area contributed by atoms with Gasteiger partial charge in [-0.15, -0.1) is 0 Å². The Labute approximate surface area is 81.9 Å². The predicted octanol–water partition coefficient (Wildman–Crippen LogP) is 3.07. The Balaban J connectivity index is 2.57. The third-order valence-corrected chi connectivity index (χ3v) is 2.16. The average molecular weight is 193 g/mol. The molecule has 0 aliphatic carbocycles. The molecule has 0 saturated heterocycles. The van der Waals surface area contributed by atoms with Gasteiger partial charge in [0.15, 0.2) is 0 Å². The van der Waals surface area contributed by atoms with E-state index in [1.165, 1.54) is 0 Å². The van der Waals surface area contributed by atoms with Gasteiger partial charge >= 0.3 is 0 Å². The van der Waals surface area contributed by atoms with Crippen LogP contribution in [0.2, 0.25) is 0 Å². The molecular weight excluding hydrogens is 184 g/mol. The van der Waals surface area contributed by atoms with Crippen molar-refractivity contribution in [1.29, 1.82) is 0 Å². The van der Waals surface area contributed by atoms with Crippen molar-refractivity contribution in [1.82, 2.24) is 0 Å². The summed E-state index contributed by atoms with van der Waals surface area (Å²) >= 11 is 5.82. The molecule has 1 aromatic rings. The molecule has 1 heterocycles. The second-order valence-corrected chi connectivity index (χ2v) is 3.31. The largest absolute Gasteiger partial charge is 0.276 e. The number of para-hydroxylation sites is 1. The van der Waals surface area contributed by atoms with Gasteiger partial charge in [0.2, 0.25) is 0 Å². The topological polar surface area (TPSA) is 24.4 Å². The summed E-state index contributed by atoms with van der Waals surface area (Å²) in [6.45, 7) is 2.02. The fraction of sp³-hybridized carbons (Fsp3) is 0.100. The zero-order valence-electron chi connectivity index (χ0n) is 7.21. The lowest BCUT2D eigenvalue weighted by molar-refractivity contribution is 1.35. The molecule has 13 heavy (non-hydrogen) atoms. The minimum absolute atomic E-state index is 0.480. The summed E-state index contributed by atoms with van der Waals surface area (Å²) < 4.78 is 0. The number of hydrogen-bond donors (Lipinski definition) is 1. The molecule has 66 valence electrons. The van der Waals surface area contributed by atoms with E-state index in [2.05, 4.69) is 10.5 Å². The van der Waals surface area contributed by atoms with Crippen molar-refractivity contribution in [2.24, 2.45) is 5.10 Å². The molecular formula is C10H9ClN2. The number of halogens is 1. The molecule has 1 aromatic carbocycles. The van der Waals surface area contributed by atoms with Gasteiger partial charge in [0.1, 0.15) is 5.17 Å². The molecule has 1 aliphatic rings. The maximum Gasteiger partial charge on any atom is 0.149 e. The first-order valence-corrected chi connectivity index (χ1v) is 4.42. The first kappa shape index (κ1) is 8.32. The van der Waals surface area contributed by atoms with Gasteiger partial charge in [-0.05, 0) is 24.6 Å². The van der Waals surface area contributed by atoms with E-state index in [1.54, 1.807) is 0 Å². The lowest BCUT2D eigenvalue weighted by Gasteiger charge is -2.05. The third-order valence-electron chi connectivity index (χ3n) is 1.97. The van der Waals surface area contributed by atoms with Gasteiger partial charge in [-0.3, -0.25) is 5.43 Å². The quantitative estimate of drug-likeness (QED) is 0.671. The number of rotatable bonds is 0. The summed E-state index contributed by atoms with van der Waals surface area (Å²) in [5, 5.41) is 4.45. The highest BCUT2D eigenvalue weighted by molar-refractivity contribution is 6.69. The zero-order chi connectivity index (χ0) is 9.26. The fourth-order valence-corrected chi connectivity index (χ4v) is 1.53. The Bertz CT molecular complexity index is 394. The predicted molar refractivity (Wildman–Crippen MR) is 57.0 cm³/mol. The van der Waals surface area contributed by atoms with E-state index < -0.39 is 0 Å². The van der Waals surface area contributed by atoms with E-state index in [-0.39, 0.29) is 0 Å². The number of fused-ring (bicyclic) bond motifs is 1. The Morgan fingerprint density at radius 3 is 2.92 bits per heavy atom. The van der Waals surface area contributed by atoms with Gasteiger partial charge in [-0.25, -0.2) is 0 Å². The first-order chi connectivity index (χ1) is 6.27. The third kappa shape index (κ3) is 1.58. The van der Waals surface area contributed by atoms with Gasteiger partial charge in [0.25, 0.3) is 0 Å². The lowest BCUT2D eigenvalue weighted by Crippen LogP contribution is -1.90. The summed E-state index contributed by atoms with van der Waals surface area (Å²) in [5.41, 5.74) is 6.16. The number of hydrogen-bond acceptors (Lipinski definition) is 2. The molecule has 1 aliphatic heterocycles. The van der Waals surface area contributed by atoms with Crippen LogP contribution in [0.5, 0.6) is 0 Å². The van der Waals surface area contributed by atoms with E-state index in [1.807, 2.05) is 37.3 Å². The van der Waals surface area contributed by atoms with Crippen LogP contribution in [-0.4, -0.2) is 5.17 Å². The van der Waals surface area contributed by atoms with Crippen LogP contribution in [-0.2, 0) is 0 Å². The van der Waals surface area contributed by atoms with Gasteiger partial charge in [0, 0.05) is 5.56 Å². The molecule has 3 heteroatoms. The summed E-state index contributed by atoms with van der Waals surface area (Å²) in [6.07, 6.45) is 1.85. The fourth-order valence-electron chi connectivity index (χ4n) is 1.33. The summed E-state index contributed by atoms with van der Waals surface area (Å²) in [6, 6.07) is 7.98. The normalized spacial score (nSPS) is 14.9. The van der Waals surface area contributed by atoms with Gasteiger partial charge < -0.3 is 0 Å². The average Bonchev–Trinajstić information content (AvgIpc) is 2.27. The van der Waals surface area contributed by atoms with Crippen molar-refractivity contribution < 1.29 is 0 Å². The van der Waals surface area contributed by atoms with Crippen LogP contribution in [0.4, 0.5) is 5.69 Å². The maximum atomic E-state index is 5.82. The SMILES string of the molecule is CC1=CC(Cl)=NNc2ccccc21. The van der Waals surface area contributed by atoms with Crippen molar-refractivity contribution in [2.75, 3.05) is 5.43 Å². The first-order valence-electron chi connectivity index (χ1n) is 4.04. The van der Waals surface area contributed by atoms with E-state index in [9.17, 15) is 0 Å². The van der Waals surface area contributed by atoms with E-state index in [0.717, 1.165) is 16.8 Å². The summed E-state index contributed by atoms with van der Waals surface area (Å²) in [4.78, 5) is 0. The van der Waals surface area contributed by atoms with Crippen molar-refractivity contribution in [3.63, 3.8) is 0 Å². The molecule has 0 spiro atoms. The Kier molecular flexibility index (Phi) is 2.07. The number of hydrazone groups is 1. The van der Waals surface area contributed by atoms with Crippen molar-refractivity contribution in [3.8, 4) is 0 Å². The van der Waals surface area contributed by atoms with E-state index in [4.69, 9.17) is 11.6 Å². The number of allylic oxidation sites excluding steroid dienone is 2. The highest BCUT2D eigenvalue weighted by Crippen LogP contribution is 2.25. The van der Waals surface area contributed by atoms with Crippen molar-refractivity contribution in [3.05, 3.63) is 35.9 Å². The Hall–Kier alpha value is -1.28. The number of benzene rings is 1. The number of nitrogens with zero attached hydrogens (tertiary/aromatic N) is 1. The Morgan fingerprint density at radius 1 is 1.31 bits per heavy atom.